The Hall–Kier alpha value is -0.450. The van der Waals surface area contributed by atoms with E-state index in [0.29, 0.717) is 48.2 Å². The number of rotatable bonds is 46. The van der Waals surface area contributed by atoms with Crippen LogP contribution in [-0.4, -0.2) is 149 Å². The van der Waals surface area contributed by atoms with Crippen molar-refractivity contribution >= 4 is 10.4 Å². The molecule has 0 spiro atoms. The number of hydrogen-bond acceptors (Lipinski definition) is 10. The monoisotopic (exact) mass is 901 g/mol. The van der Waals surface area contributed by atoms with Crippen LogP contribution in [0.1, 0.15) is 219 Å². The lowest BCUT2D eigenvalue weighted by Gasteiger charge is -2.37. The minimum atomic E-state index is -5.17. The second-order valence-corrected chi connectivity index (χ2v) is 18.6. The summed E-state index contributed by atoms with van der Waals surface area (Å²) in [6, 6.07) is 0. The summed E-state index contributed by atoms with van der Waals surface area (Å²) in [5, 5.41) is 55.9. The Labute approximate surface area is 377 Å². The molecule has 0 fully saturated rings. The van der Waals surface area contributed by atoms with Crippen LogP contribution in [0, 0.1) is 0 Å². The fourth-order valence-corrected chi connectivity index (χ4v) is 8.61. The first-order valence-electron chi connectivity index (χ1n) is 25.5. The Kier molecular flexibility index (Phi) is 53.7. The molecule has 0 aromatic carbocycles. The molecule has 6 N–H and O–H groups in total. The van der Waals surface area contributed by atoms with Crippen molar-refractivity contribution in [1.82, 2.24) is 0 Å². The van der Waals surface area contributed by atoms with Crippen LogP contribution in [0.4, 0.5) is 0 Å². The number of nitrogens with zero attached hydrogens (tertiary/aromatic N) is 2. The maximum Gasteiger partial charge on any atom is 0.102 e. The first kappa shape index (κ1) is 64.8. The molecule has 0 aliphatic rings. The molecule has 0 aliphatic carbocycles. The van der Waals surface area contributed by atoms with Crippen LogP contribution in [0.5, 0.6) is 0 Å². The fourth-order valence-electron chi connectivity index (χ4n) is 8.61. The van der Waals surface area contributed by atoms with Crippen molar-refractivity contribution in [2.45, 2.75) is 219 Å². The first-order chi connectivity index (χ1) is 29.5. The van der Waals surface area contributed by atoms with Gasteiger partial charge in [0.25, 0.3) is 0 Å². The smallest absolute Gasteiger partial charge is 0.102 e. The molecule has 0 aliphatic heterocycles. The van der Waals surface area contributed by atoms with Gasteiger partial charge in [0, 0.05) is 10.4 Å². The molecule has 12 nitrogen and oxygen atoms in total. The number of aliphatic hydroxyl groups is 6. The molecule has 0 aromatic heterocycles. The second-order valence-electron chi connectivity index (χ2n) is 17.8. The van der Waals surface area contributed by atoms with Gasteiger partial charge < -0.3 is 48.7 Å². The van der Waals surface area contributed by atoms with Crippen LogP contribution in [0.15, 0.2) is 0 Å². The third kappa shape index (κ3) is 52.1. The molecular formula is C48H104N2O10S. The van der Waals surface area contributed by atoms with Gasteiger partial charge in [0.1, 0.15) is 39.3 Å². The third-order valence-corrected chi connectivity index (χ3v) is 12.4. The van der Waals surface area contributed by atoms with E-state index in [0.717, 1.165) is 25.9 Å². The highest BCUT2D eigenvalue weighted by Crippen LogP contribution is 2.17. The molecule has 0 radical (unpaired) electrons. The molecule has 0 unspecified atom stereocenters. The quantitative estimate of drug-likeness (QED) is 0.0149. The van der Waals surface area contributed by atoms with E-state index in [9.17, 15) is 30.6 Å². The van der Waals surface area contributed by atoms with Gasteiger partial charge in [-0.1, -0.05) is 194 Å². The molecular weight excluding hydrogens is 797 g/mol. The zero-order chi connectivity index (χ0) is 46.0. The second kappa shape index (κ2) is 50.5. The maximum atomic E-state index is 9.31. The fraction of sp³-hybridized carbons (Fsp3) is 1.00. The number of hydrogen-bond donors (Lipinski definition) is 6. The lowest BCUT2D eigenvalue weighted by atomic mass is 10.0. The molecule has 372 valence electrons. The Morgan fingerprint density at radius 3 is 0.541 bits per heavy atom. The van der Waals surface area contributed by atoms with Gasteiger partial charge >= 0.3 is 0 Å². The van der Waals surface area contributed by atoms with E-state index in [4.69, 9.17) is 17.5 Å². The van der Waals surface area contributed by atoms with Crippen molar-refractivity contribution in [3.8, 4) is 0 Å². The van der Waals surface area contributed by atoms with Gasteiger partial charge in [0.2, 0.25) is 0 Å². The zero-order valence-electron chi connectivity index (χ0n) is 40.1. The molecule has 13 heteroatoms. The van der Waals surface area contributed by atoms with Crippen molar-refractivity contribution in [2.24, 2.45) is 0 Å². The average Bonchev–Trinajstić information content (AvgIpc) is 3.21. The first-order valence-corrected chi connectivity index (χ1v) is 26.8. The third-order valence-electron chi connectivity index (χ3n) is 12.4. The number of quaternary nitrogens is 2. The Morgan fingerprint density at radius 1 is 0.279 bits per heavy atom. The summed E-state index contributed by atoms with van der Waals surface area (Å²) in [5.41, 5.74) is 0. The largest absolute Gasteiger partial charge is 0.759 e. The van der Waals surface area contributed by atoms with Gasteiger partial charge in [-0.25, -0.2) is 0 Å². The molecule has 61 heavy (non-hydrogen) atoms. The molecule has 0 saturated heterocycles. The summed E-state index contributed by atoms with van der Waals surface area (Å²) in [6.45, 7) is 11.1. The Morgan fingerprint density at radius 2 is 0.410 bits per heavy atom. The van der Waals surface area contributed by atoms with Crippen LogP contribution < -0.4 is 0 Å². The van der Waals surface area contributed by atoms with E-state index in [1.807, 2.05) is 0 Å². The summed E-state index contributed by atoms with van der Waals surface area (Å²) < 4.78 is 35.4. The predicted molar refractivity (Wildman–Crippen MR) is 252 cm³/mol. The van der Waals surface area contributed by atoms with E-state index < -0.39 is 10.4 Å². The van der Waals surface area contributed by atoms with Gasteiger partial charge in [-0.2, -0.15) is 0 Å². The Bertz CT molecular complexity index is 832. The minimum Gasteiger partial charge on any atom is -0.759 e. The lowest BCUT2D eigenvalue weighted by Crippen LogP contribution is -2.53. The summed E-state index contributed by atoms with van der Waals surface area (Å²) in [5.74, 6) is 0. The predicted octanol–water partition coefficient (Wildman–Crippen LogP) is 8.75. The van der Waals surface area contributed by atoms with Gasteiger partial charge in [-0.15, -0.1) is 0 Å². The summed E-state index contributed by atoms with van der Waals surface area (Å²) in [4.78, 5) is 0. The van der Waals surface area contributed by atoms with Gasteiger partial charge in [0.05, 0.1) is 52.7 Å². The van der Waals surface area contributed by atoms with Crippen LogP contribution in [0.2, 0.25) is 0 Å². The maximum absolute atomic E-state index is 9.31. The van der Waals surface area contributed by atoms with Crippen LogP contribution in [0.3, 0.4) is 0 Å². The number of aliphatic hydroxyl groups excluding tert-OH is 6. The van der Waals surface area contributed by atoms with Crippen LogP contribution in [0.25, 0.3) is 0 Å². The summed E-state index contributed by atoms with van der Waals surface area (Å²) in [6.07, 6.45) is 43.8. The molecule has 0 amide bonds. The topological polar surface area (TPSA) is 202 Å². The van der Waals surface area contributed by atoms with Crippen molar-refractivity contribution < 1.29 is 57.1 Å². The molecule has 0 bridgehead atoms. The van der Waals surface area contributed by atoms with Gasteiger partial charge in [0.15, 0.2) is 0 Å². The van der Waals surface area contributed by atoms with E-state index in [1.54, 1.807) is 0 Å². The van der Waals surface area contributed by atoms with E-state index >= 15 is 0 Å². The number of unbranched alkanes of at least 4 members (excludes halogenated alkanes) is 30. The Balaban J connectivity index is -0.000000991. The van der Waals surface area contributed by atoms with E-state index in [2.05, 4.69) is 13.8 Å². The SMILES string of the molecule is CCCCCCCCCCCCCCCCCC[N+](CCO)(CCO)CCO.CCCCCCCCCCCCCCCCCC[N+](CCO)(CCO)CCO.O=S(=O)([O-])[O-]. The average molecular weight is 901 g/mol. The standard InChI is InChI=1S/2C24H52NO3.H2O4S/c2*1-2-3-4-5-6-7-8-9-10-11-12-13-14-15-16-17-18-25(19-22-26,20-23-27)21-24-28;1-5(2,3)4/h2*26-28H,2-24H2,1H3;(H2,1,2,3,4)/q2*+1;/p-2. The highest BCUT2D eigenvalue weighted by atomic mass is 32.3. The zero-order valence-corrected chi connectivity index (χ0v) is 41.0. The van der Waals surface area contributed by atoms with Gasteiger partial charge in [-0.05, 0) is 25.7 Å². The summed E-state index contributed by atoms with van der Waals surface area (Å²) >= 11 is 0. The molecule has 0 rings (SSSR count). The highest BCUT2D eigenvalue weighted by Gasteiger charge is 2.26. The minimum absolute atomic E-state index is 0.124. The molecule has 0 saturated carbocycles. The highest BCUT2D eigenvalue weighted by molar-refractivity contribution is 7.79. The van der Waals surface area contributed by atoms with E-state index in [-0.39, 0.29) is 39.6 Å². The van der Waals surface area contributed by atoms with E-state index in [1.165, 1.54) is 193 Å². The van der Waals surface area contributed by atoms with Crippen molar-refractivity contribution in [3.63, 3.8) is 0 Å². The summed E-state index contributed by atoms with van der Waals surface area (Å²) in [7, 11) is -5.17. The molecule has 0 aromatic rings. The molecule has 0 atom stereocenters. The van der Waals surface area contributed by atoms with Crippen molar-refractivity contribution in [3.05, 3.63) is 0 Å². The van der Waals surface area contributed by atoms with Crippen LogP contribution >= 0.6 is 0 Å². The van der Waals surface area contributed by atoms with Crippen LogP contribution in [-0.2, 0) is 10.4 Å². The molecule has 0 heterocycles. The lowest BCUT2D eigenvalue weighted by molar-refractivity contribution is -0.929. The van der Waals surface area contributed by atoms with Gasteiger partial charge in [-0.3, -0.25) is 8.42 Å². The van der Waals surface area contributed by atoms with Crippen molar-refractivity contribution in [1.29, 1.82) is 0 Å². The normalized spacial score (nSPS) is 12.0. The van der Waals surface area contributed by atoms with Crippen molar-refractivity contribution in [2.75, 3.05) is 92.0 Å².